The van der Waals surface area contributed by atoms with Gasteiger partial charge >= 0.3 is 0 Å². The predicted molar refractivity (Wildman–Crippen MR) is 116 cm³/mol. The van der Waals surface area contributed by atoms with Gasteiger partial charge in [0, 0.05) is 5.02 Å². The molecule has 0 amide bonds. The van der Waals surface area contributed by atoms with E-state index in [9.17, 15) is 13.7 Å². The SMILES string of the molecule is COc1ccc(C=C(C#N)S(=O)(=O)c2ccc(Cl)cc2)cc1OCc1ccccc1. The predicted octanol–water partition coefficient (Wildman–Crippen LogP) is 5.27. The van der Waals surface area contributed by atoms with E-state index in [1.807, 2.05) is 30.3 Å². The lowest BCUT2D eigenvalue weighted by Gasteiger charge is -2.12. The summed E-state index contributed by atoms with van der Waals surface area (Å²) in [6.07, 6.45) is 1.30. The number of sulfone groups is 1. The van der Waals surface area contributed by atoms with Crippen LogP contribution in [0.5, 0.6) is 11.5 Å². The highest BCUT2D eigenvalue weighted by Crippen LogP contribution is 2.31. The standard InChI is InChI=1S/C23H18ClNO4S/c1-28-22-12-7-18(14-23(22)29-16-17-5-3-2-4-6-17)13-21(15-25)30(26,27)20-10-8-19(24)9-11-20/h2-14H,16H2,1H3. The lowest BCUT2D eigenvalue weighted by atomic mass is 10.2. The number of hydrogen-bond donors (Lipinski definition) is 0. The van der Waals surface area contributed by atoms with E-state index in [-0.39, 0.29) is 9.80 Å². The largest absolute Gasteiger partial charge is 0.493 e. The van der Waals surface area contributed by atoms with Crippen LogP contribution in [0, 0.1) is 11.3 Å². The molecular weight excluding hydrogens is 422 g/mol. The number of ether oxygens (including phenoxy) is 2. The van der Waals surface area contributed by atoms with Crippen molar-refractivity contribution in [2.75, 3.05) is 7.11 Å². The third kappa shape index (κ3) is 5.01. The van der Waals surface area contributed by atoms with Gasteiger partial charge in [-0.3, -0.25) is 0 Å². The molecule has 0 bridgehead atoms. The fourth-order valence-corrected chi connectivity index (χ4v) is 3.98. The molecule has 0 aromatic heterocycles. The highest BCUT2D eigenvalue weighted by atomic mass is 35.5. The topological polar surface area (TPSA) is 76.4 Å². The van der Waals surface area contributed by atoms with Gasteiger partial charge in [0.2, 0.25) is 9.84 Å². The summed E-state index contributed by atoms with van der Waals surface area (Å²) in [4.78, 5) is -0.391. The van der Waals surface area contributed by atoms with Gasteiger partial charge in [0.05, 0.1) is 12.0 Å². The highest BCUT2D eigenvalue weighted by Gasteiger charge is 2.21. The number of methoxy groups -OCH3 is 1. The van der Waals surface area contributed by atoms with E-state index < -0.39 is 9.84 Å². The summed E-state index contributed by atoms with van der Waals surface area (Å²) in [5.74, 6) is 0.943. The van der Waals surface area contributed by atoms with Gasteiger partial charge in [0.15, 0.2) is 11.5 Å². The molecule has 0 radical (unpaired) electrons. The quantitative estimate of drug-likeness (QED) is 0.469. The van der Waals surface area contributed by atoms with E-state index in [1.54, 1.807) is 24.3 Å². The minimum Gasteiger partial charge on any atom is -0.493 e. The van der Waals surface area contributed by atoms with Crippen LogP contribution in [0.2, 0.25) is 5.02 Å². The van der Waals surface area contributed by atoms with Crippen LogP contribution < -0.4 is 9.47 Å². The van der Waals surface area contributed by atoms with Gasteiger partial charge in [0.25, 0.3) is 0 Å². The van der Waals surface area contributed by atoms with Crippen LogP contribution in [0.3, 0.4) is 0 Å². The Morgan fingerprint density at radius 3 is 2.37 bits per heavy atom. The van der Waals surface area contributed by atoms with Gasteiger partial charge in [-0.05, 0) is 53.6 Å². The Morgan fingerprint density at radius 1 is 1.03 bits per heavy atom. The van der Waals surface area contributed by atoms with Crippen LogP contribution in [-0.2, 0) is 16.4 Å². The van der Waals surface area contributed by atoms with Crippen LogP contribution >= 0.6 is 11.6 Å². The molecule has 5 nitrogen and oxygen atoms in total. The Morgan fingerprint density at radius 2 is 1.73 bits per heavy atom. The molecule has 30 heavy (non-hydrogen) atoms. The summed E-state index contributed by atoms with van der Waals surface area (Å²) in [6, 6.07) is 22.0. The summed E-state index contributed by atoms with van der Waals surface area (Å²) < 4.78 is 36.8. The molecule has 7 heteroatoms. The first kappa shape index (κ1) is 21.4. The second-order valence-electron chi connectivity index (χ2n) is 6.26. The second-order valence-corrected chi connectivity index (χ2v) is 8.62. The number of benzene rings is 3. The minimum atomic E-state index is -3.98. The minimum absolute atomic E-state index is 0.00578. The highest BCUT2D eigenvalue weighted by molar-refractivity contribution is 7.95. The van der Waals surface area contributed by atoms with Crippen LogP contribution in [-0.4, -0.2) is 15.5 Å². The van der Waals surface area contributed by atoms with Crippen molar-refractivity contribution in [3.8, 4) is 17.6 Å². The molecule has 0 fully saturated rings. The van der Waals surface area contributed by atoms with Gasteiger partial charge in [-0.1, -0.05) is 48.0 Å². The normalized spacial score (nSPS) is 11.6. The maximum absolute atomic E-state index is 12.8. The summed E-state index contributed by atoms with van der Waals surface area (Å²) in [7, 11) is -2.46. The van der Waals surface area contributed by atoms with Crippen LogP contribution in [0.15, 0.2) is 82.6 Å². The zero-order chi connectivity index (χ0) is 21.6. The first-order chi connectivity index (χ1) is 14.4. The average molecular weight is 440 g/mol. The van der Waals surface area contributed by atoms with Gasteiger partial charge < -0.3 is 9.47 Å². The second kappa shape index (κ2) is 9.49. The zero-order valence-corrected chi connectivity index (χ0v) is 17.7. The van der Waals surface area contributed by atoms with Crippen molar-refractivity contribution >= 4 is 27.5 Å². The molecule has 3 aromatic carbocycles. The Balaban J connectivity index is 1.92. The molecule has 0 unspecified atom stereocenters. The van der Waals surface area contributed by atoms with Crippen molar-refractivity contribution in [1.82, 2.24) is 0 Å². The van der Waals surface area contributed by atoms with Crippen LogP contribution in [0.1, 0.15) is 11.1 Å². The number of nitriles is 1. The molecule has 3 aromatic rings. The Kier molecular flexibility index (Phi) is 6.78. The molecule has 0 saturated carbocycles. The molecule has 0 spiro atoms. The molecule has 0 atom stereocenters. The van der Waals surface area contributed by atoms with Crippen molar-refractivity contribution in [3.05, 3.63) is 93.9 Å². The van der Waals surface area contributed by atoms with E-state index in [2.05, 4.69) is 0 Å². The lowest BCUT2D eigenvalue weighted by Crippen LogP contribution is -2.03. The van der Waals surface area contributed by atoms with Gasteiger partial charge in [0.1, 0.15) is 17.6 Å². The average Bonchev–Trinajstić information content (AvgIpc) is 2.77. The number of allylic oxidation sites excluding steroid dienone is 1. The molecule has 0 aliphatic carbocycles. The molecule has 0 aliphatic rings. The Bertz CT molecular complexity index is 1200. The van der Waals surface area contributed by atoms with Crippen molar-refractivity contribution < 1.29 is 17.9 Å². The van der Waals surface area contributed by atoms with E-state index in [1.165, 1.54) is 37.5 Å². The fraction of sp³-hybridized carbons (Fsp3) is 0.0870. The monoisotopic (exact) mass is 439 g/mol. The molecule has 0 aliphatic heterocycles. The summed E-state index contributed by atoms with van der Waals surface area (Å²) in [5.41, 5.74) is 1.47. The van der Waals surface area contributed by atoms with Gasteiger partial charge in [-0.2, -0.15) is 5.26 Å². The van der Waals surface area contributed by atoms with E-state index in [4.69, 9.17) is 21.1 Å². The van der Waals surface area contributed by atoms with Crippen molar-refractivity contribution in [1.29, 1.82) is 5.26 Å². The molecule has 0 heterocycles. The fourth-order valence-electron chi connectivity index (χ4n) is 2.69. The first-order valence-electron chi connectivity index (χ1n) is 8.91. The number of halogens is 1. The third-order valence-corrected chi connectivity index (χ3v) is 6.18. The Hall–Kier alpha value is -3.27. The van der Waals surface area contributed by atoms with Crippen molar-refractivity contribution in [2.24, 2.45) is 0 Å². The Labute approximate surface area is 180 Å². The number of rotatable bonds is 7. The maximum Gasteiger partial charge on any atom is 0.216 e. The molecular formula is C23H18ClNO4S. The van der Waals surface area contributed by atoms with Crippen molar-refractivity contribution in [2.45, 2.75) is 11.5 Å². The summed E-state index contributed by atoms with van der Waals surface area (Å²) >= 11 is 5.82. The number of nitrogens with zero attached hydrogens (tertiary/aromatic N) is 1. The smallest absolute Gasteiger partial charge is 0.216 e. The summed E-state index contributed by atoms with van der Waals surface area (Å²) in [5, 5.41) is 9.89. The third-order valence-electron chi connectivity index (χ3n) is 4.25. The molecule has 3 rings (SSSR count). The van der Waals surface area contributed by atoms with Crippen LogP contribution in [0.4, 0.5) is 0 Å². The van der Waals surface area contributed by atoms with Crippen molar-refractivity contribution in [3.63, 3.8) is 0 Å². The van der Waals surface area contributed by atoms with Gasteiger partial charge in [-0.15, -0.1) is 0 Å². The number of hydrogen-bond acceptors (Lipinski definition) is 5. The van der Waals surface area contributed by atoms with Gasteiger partial charge in [-0.25, -0.2) is 8.42 Å². The van der Waals surface area contributed by atoms with Crippen LogP contribution in [0.25, 0.3) is 6.08 Å². The molecule has 152 valence electrons. The zero-order valence-electron chi connectivity index (χ0n) is 16.1. The van der Waals surface area contributed by atoms with E-state index in [0.29, 0.717) is 28.7 Å². The summed E-state index contributed by atoms with van der Waals surface area (Å²) in [6.45, 7) is 0.318. The lowest BCUT2D eigenvalue weighted by molar-refractivity contribution is 0.284. The first-order valence-corrected chi connectivity index (χ1v) is 10.8. The van der Waals surface area contributed by atoms with E-state index >= 15 is 0 Å². The van der Waals surface area contributed by atoms with E-state index in [0.717, 1.165) is 5.56 Å². The maximum atomic E-state index is 12.8. The molecule has 0 N–H and O–H groups in total. The molecule has 0 saturated heterocycles.